The first-order chi connectivity index (χ1) is 12.4. The van der Waals surface area contributed by atoms with Gasteiger partial charge in [-0.05, 0) is 18.9 Å². The molecule has 1 fully saturated rings. The predicted molar refractivity (Wildman–Crippen MR) is 94.1 cm³/mol. The zero-order valence-electron chi connectivity index (χ0n) is 14.6. The van der Waals surface area contributed by atoms with Crippen LogP contribution in [0.5, 0.6) is 0 Å². The second kappa shape index (κ2) is 7.65. The summed E-state index contributed by atoms with van der Waals surface area (Å²) < 4.78 is 39.7. The van der Waals surface area contributed by atoms with E-state index in [0.29, 0.717) is 23.4 Å². The van der Waals surface area contributed by atoms with E-state index in [2.05, 4.69) is 25.3 Å². The Morgan fingerprint density at radius 2 is 2.27 bits per heavy atom. The number of nitrogens with zero attached hydrogens (tertiary/aromatic N) is 5. The minimum Gasteiger partial charge on any atom is -0.357 e. The second-order valence-corrected chi connectivity index (χ2v) is 7.12. The number of hydrogen-bond donors (Lipinski definition) is 1. The number of alkyl halides is 3. The maximum atomic E-state index is 12.7. The lowest BCUT2D eigenvalue weighted by atomic mass is 10.0. The van der Waals surface area contributed by atoms with E-state index >= 15 is 0 Å². The van der Waals surface area contributed by atoms with Crippen LogP contribution in [-0.4, -0.2) is 45.3 Å². The summed E-state index contributed by atoms with van der Waals surface area (Å²) in [4.78, 5) is 10.3. The van der Waals surface area contributed by atoms with Gasteiger partial charge < -0.3 is 10.2 Å². The first-order valence-corrected chi connectivity index (χ1v) is 9.28. The number of guanidine groups is 1. The van der Waals surface area contributed by atoms with Crippen molar-refractivity contribution in [3.63, 3.8) is 0 Å². The quantitative estimate of drug-likeness (QED) is 0.649. The average Bonchev–Trinajstić information content (AvgIpc) is 3.30. The molecular weight excluding hydrogens is 365 g/mol. The van der Waals surface area contributed by atoms with Gasteiger partial charge >= 0.3 is 6.18 Å². The first kappa shape index (κ1) is 18.7. The van der Waals surface area contributed by atoms with Gasteiger partial charge in [-0.15, -0.1) is 11.3 Å². The Kier molecular flexibility index (Phi) is 5.49. The third-order valence-electron chi connectivity index (χ3n) is 4.23. The van der Waals surface area contributed by atoms with Crippen LogP contribution in [-0.2, 0) is 19.8 Å². The van der Waals surface area contributed by atoms with Crippen molar-refractivity contribution >= 4 is 17.3 Å². The molecule has 1 aliphatic heterocycles. The zero-order chi connectivity index (χ0) is 18.7. The van der Waals surface area contributed by atoms with E-state index in [-0.39, 0.29) is 6.54 Å². The molecule has 2 aromatic rings. The van der Waals surface area contributed by atoms with Crippen molar-refractivity contribution in [3.05, 3.63) is 34.0 Å². The van der Waals surface area contributed by atoms with Gasteiger partial charge in [0, 0.05) is 44.2 Å². The number of nitrogens with one attached hydrogen (secondary N) is 1. The Morgan fingerprint density at radius 1 is 1.46 bits per heavy atom. The molecule has 2 aromatic heterocycles. The van der Waals surface area contributed by atoms with Gasteiger partial charge in [-0.25, -0.2) is 9.98 Å². The fourth-order valence-electron chi connectivity index (χ4n) is 2.96. The number of rotatable bonds is 4. The molecular formula is C16H21F3N6S. The number of likely N-dealkylation sites (tertiary alicyclic amines) is 1. The molecule has 0 saturated carbocycles. The van der Waals surface area contributed by atoms with E-state index < -0.39 is 11.9 Å². The smallest absolute Gasteiger partial charge is 0.357 e. The van der Waals surface area contributed by atoms with Crippen LogP contribution >= 0.6 is 11.3 Å². The van der Waals surface area contributed by atoms with Crippen molar-refractivity contribution in [3.8, 4) is 0 Å². The van der Waals surface area contributed by atoms with E-state index in [1.807, 2.05) is 26.4 Å². The summed E-state index contributed by atoms with van der Waals surface area (Å²) in [6.45, 7) is 4.45. The Morgan fingerprint density at radius 3 is 2.88 bits per heavy atom. The maximum absolute atomic E-state index is 12.7. The lowest BCUT2D eigenvalue weighted by molar-refractivity contribution is -0.140. The van der Waals surface area contributed by atoms with E-state index in [9.17, 15) is 13.2 Å². The van der Waals surface area contributed by atoms with Crippen molar-refractivity contribution in [2.24, 2.45) is 12.0 Å². The molecule has 1 aliphatic rings. The molecule has 6 nitrogen and oxygen atoms in total. The van der Waals surface area contributed by atoms with Gasteiger partial charge in [0.1, 0.15) is 5.01 Å². The third kappa shape index (κ3) is 4.35. The zero-order valence-corrected chi connectivity index (χ0v) is 15.4. The summed E-state index contributed by atoms with van der Waals surface area (Å²) in [7, 11) is 1.89. The second-order valence-electron chi connectivity index (χ2n) is 6.17. The van der Waals surface area contributed by atoms with Crippen LogP contribution in [0.25, 0.3) is 0 Å². The largest absolute Gasteiger partial charge is 0.434 e. The van der Waals surface area contributed by atoms with E-state index in [4.69, 9.17) is 0 Å². The molecule has 142 valence electrons. The summed E-state index contributed by atoms with van der Waals surface area (Å²) in [5.74, 6) is 1.09. The number of hydrogen-bond acceptors (Lipinski definition) is 4. The maximum Gasteiger partial charge on any atom is 0.434 e. The molecule has 3 heterocycles. The van der Waals surface area contributed by atoms with Crippen LogP contribution in [0, 0.1) is 0 Å². The van der Waals surface area contributed by atoms with E-state index in [0.717, 1.165) is 36.2 Å². The minimum atomic E-state index is -4.41. The van der Waals surface area contributed by atoms with Crippen molar-refractivity contribution in [1.29, 1.82) is 0 Å². The Bertz CT molecular complexity index is 766. The van der Waals surface area contributed by atoms with Crippen LogP contribution in [0.2, 0.25) is 0 Å². The number of aromatic nitrogens is 3. The molecule has 26 heavy (non-hydrogen) atoms. The topological polar surface area (TPSA) is 58.3 Å². The number of aliphatic imine (C=N–C) groups is 1. The van der Waals surface area contributed by atoms with Crippen molar-refractivity contribution < 1.29 is 13.2 Å². The van der Waals surface area contributed by atoms with Crippen molar-refractivity contribution in [1.82, 2.24) is 25.0 Å². The highest BCUT2D eigenvalue weighted by atomic mass is 32.1. The van der Waals surface area contributed by atoms with E-state index in [1.165, 1.54) is 5.56 Å². The third-order valence-corrected chi connectivity index (χ3v) is 5.06. The molecule has 3 rings (SSSR count). The molecule has 0 aliphatic carbocycles. The highest BCUT2D eigenvalue weighted by Crippen LogP contribution is 2.30. The summed E-state index contributed by atoms with van der Waals surface area (Å²) >= 11 is 0.984. The molecule has 1 saturated heterocycles. The normalized spacial score (nSPS) is 18.6. The summed E-state index contributed by atoms with van der Waals surface area (Å²) in [6.07, 6.45) is 0.485. The standard InChI is InChI=1S/C16H21F3N6S/c1-3-20-15(21-7-14-23-13(10-26-14)16(17,18)19)25-5-4-11(9-25)12-6-22-24(2)8-12/h6,8,10-11H,3-5,7,9H2,1-2H3,(H,20,21). The average molecular weight is 386 g/mol. The summed E-state index contributed by atoms with van der Waals surface area (Å²) in [5, 5.41) is 8.83. The molecule has 0 aromatic carbocycles. The van der Waals surface area contributed by atoms with Gasteiger partial charge in [0.05, 0.1) is 12.7 Å². The number of thiazole rings is 1. The van der Waals surface area contributed by atoms with Gasteiger partial charge in [0.25, 0.3) is 0 Å². The van der Waals surface area contributed by atoms with Gasteiger partial charge in [-0.2, -0.15) is 18.3 Å². The van der Waals surface area contributed by atoms with Crippen LogP contribution < -0.4 is 5.32 Å². The minimum absolute atomic E-state index is 0.136. The highest BCUT2D eigenvalue weighted by molar-refractivity contribution is 7.09. The molecule has 0 radical (unpaired) electrons. The van der Waals surface area contributed by atoms with Gasteiger partial charge in [-0.3, -0.25) is 4.68 Å². The van der Waals surface area contributed by atoms with Gasteiger partial charge in [-0.1, -0.05) is 0 Å². The Balaban J connectivity index is 1.67. The van der Waals surface area contributed by atoms with Crippen LogP contribution in [0.15, 0.2) is 22.8 Å². The van der Waals surface area contributed by atoms with E-state index in [1.54, 1.807) is 4.68 Å². The lowest BCUT2D eigenvalue weighted by Gasteiger charge is -2.21. The Labute approximate surface area is 153 Å². The number of aryl methyl sites for hydroxylation is 1. The molecule has 1 atom stereocenters. The number of halogens is 3. The van der Waals surface area contributed by atoms with Gasteiger partial charge in [0.2, 0.25) is 0 Å². The summed E-state index contributed by atoms with van der Waals surface area (Å²) in [6, 6.07) is 0. The van der Waals surface area contributed by atoms with Crippen LogP contribution in [0.1, 0.15) is 35.5 Å². The summed E-state index contributed by atoms with van der Waals surface area (Å²) in [5.41, 5.74) is 0.344. The van der Waals surface area contributed by atoms with Crippen molar-refractivity contribution in [2.45, 2.75) is 32.0 Å². The monoisotopic (exact) mass is 386 g/mol. The lowest BCUT2D eigenvalue weighted by Crippen LogP contribution is -2.40. The molecule has 0 amide bonds. The van der Waals surface area contributed by atoms with Crippen molar-refractivity contribution in [2.75, 3.05) is 19.6 Å². The van der Waals surface area contributed by atoms with Gasteiger partial charge in [0.15, 0.2) is 11.7 Å². The fourth-order valence-corrected chi connectivity index (χ4v) is 3.68. The highest BCUT2D eigenvalue weighted by Gasteiger charge is 2.33. The fraction of sp³-hybridized carbons (Fsp3) is 0.562. The SMILES string of the molecule is CCNC(=NCc1nc(C(F)(F)F)cs1)N1CCC(c2cnn(C)c2)C1. The first-order valence-electron chi connectivity index (χ1n) is 8.40. The molecule has 0 spiro atoms. The molecule has 1 unspecified atom stereocenters. The molecule has 10 heteroatoms. The molecule has 0 bridgehead atoms. The molecule has 1 N–H and O–H groups in total. The van der Waals surface area contributed by atoms with Crippen LogP contribution in [0.3, 0.4) is 0 Å². The predicted octanol–water partition coefficient (Wildman–Crippen LogP) is 2.85. The Hall–Kier alpha value is -2.10. The van der Waals surface area contributed by atoms with Crippen LogP contribution in [0.4, 0.5) is 13.2 Å².